The third kappa shape index (κ3) is 2.01. The number of aromatic carboxylic acids is 1. The second-order valence-electron chi connectivity index (χ2n) is 5.34. The van der Waals surface area contributed by atoms with E-state index in [1.165, 1.54) is 6.07 Å². The number of rotatable bonds is 1. The van der Waals surface area contributed by atoms with E-state index in [9.17, 15) is 9.59 Å². The predicted octanol–water partition coefficient (Wildman–Crippen LogP) is 2.52. The molecule has 0 saturated carbocycles. The average Bonchev–Trinajstić information content (AvgIpc) is 2.25. The maximum Gasteiger partial charge on any atom is 0.341 e. The zero-order chi connectivity index (χ0) is 13.5. The van der Waals surface area contributed by atoms with E-state index < -0.39 is 11.5 Å². The number of hydrogen-bond donors (Lipinski definition) is 2. The summed E-state index contributed by atoms with van der Waals surface area (Å²) >= 11 is 0. The normalized spacial score (nSPS) is 11.7. The topological polar surface area (TPSA) is 70.2 Å². The largest absolute Gasteiger partial charge is 0.477 e. The van der Waals surface area contributed by atoms with E-state index in [2.05, 4.69) is 4.98 Å². The van der Waals surface area contributed by atoms with E-state index in [0.29, 0.717) is 5.52 Å². The van der Waals surface area contributed by atoms with Crippen molar-refractivity contribution in [3.8, 4) is 0 Å². The molecule has 1 aromatic heterocycles. The van der Waals surface area contributed by atoms with Crippen molar-refractivity contribution < 1.29 is 9.90 Å². The van der Waals surface area contributed by atoms with Gasteiger partial charge in [-0.2, -0.15) is 0 Å². The molecule has 0 aliphatic heterocycles. The van der Waals surface area contributed by atoms with Gasteiger partial charge in [0, 0.05) is 0 Å². The number of H-pyrrole nitrogens is 1. The van der Waals surface area contributed by atoms with Gasteiger partial charge in [-0.25, -0.2) is 4.79 Å². The van der Waals surface area contributed by atoms with Crippen molar-refractivity contribution in [3.05, 3.63) is 45.7 Å². The van der Waals surface area contributed by atoms with E-state index in [-0.39, 0.29) is 11.0 Å². The highest BCUT2D eigenvalue weighted by Crippen LogP contribution is 2.28. The predicted molar refractivity (Wildman–Crippen MR) is 70.2 cm³/mol. The highest BCUT2D eigenvalue weighted by atomic mass is 16.4. The molecule has 0 bridgehead atoms. The summed E-state index contributed by atoms with van der Waals surface area (Å²) in [6.07, 6.45) is 0. The molecule has 2 N–H and O–H groups in total. The first-order valence-electron chi connectivity index (χ1n) is 5.70. The first kappa shape index (κ1) is 12.4. The van der Waals surface area contributed by atoms with Crippen LogP contribution in [-0.4, -0.2) is 16.1 Å². The molecule has 0 unspecified atom stereocenters. The number of nitrogens with one attached hydrogen (secondary N) is 1. The molecule has 0 atom stereocenters. The van der Waals surface area contributed by atoms with Crippen LogP contribution in [0.5, 0.6) is 0 Å². The number of fused-ring (bicyclic) bond motifs is 1. The molecule has 0 amide bonds. The van der Waals surface area contributed by atoms with Crippen LogP contribution >= 0.6 is 0 Å². The van der Waals surface area contributed by atoms with E-state index in [4.69, 9.17) is 5.11 Å². The van der Waals surface area contributed by atoms with Crippen LogP contribution in [-0.2, 0) is 5.41 Å². The third-order valence-electron chi connectivity index (χ3n) is 2.92. The molecule has 0 radical (unpaired) electrons. The van der Waals surface area contributed by atoms with Crippen LogP contribution in [0.4, 0.5) is 0 Å². The molecular formula is C14H15NO3. The van der Waals surface area contributed by atoms with Gasteiger partial charge in [0.2, 0.25) is 0 Å². The minimum atomic E-state index is -1.21. The summed E-state index contributed by atoms with van der Waals surface area (Å²) in [5.74, 6) is -1.21. The van der Waals surface area contributed by atoms with Crippen LogP contribution in [0.1, 0.15) is 36.7 Å². The van der Waals surface area contributed by atoms with Crippen LogP contribution in [0, 0.1) is 0 Å². The first-order chi connectivity index (χ1) is 8.30. The average molecular weight is 245 g/mol. The fourth-order valence-corrected chi connectivity index (χ4v) is 2.02. The van der Waals surface area contributed by atoms with Crippen molar-refractivity contribution in [2.75, 3.05) is 0 Å². The number of hydrogen-bond acceptors (Lipinski definition) is 2. The summed E-state index contributed by atoms with van der Waals surface area (Å²) in [6.45, 7) is 6.14. The fourth-order valence-electron chi connectivity index (χ4n) is 2.02. The van der Waals surface area contributed by atoms with Gasteiger partial charge in [0.1, 0.15) is 5.56 Å². The second kappa shape index (κ2) is 3.98. The van der Waals surface area contributed by atoms with Crippen LogP contribution in [0.2, 0.25) is 0 Å². The number of carbonyl (C=O) groups is 1. The fraction of sp³-hybridized carbons (Fsp3) is 0.286. The van der Waals surface area contributed by atoms with Crippen LogP contribution < -0.4 is 5.56 Å². The maximum absolute atomic E-state index is 11.7. The Bertz CT molecular complexity index is 677. The van der Waals surface area contributed by atoms with Crippen LogP contribution in [0.3, 0.4) is 0 Å². The lowest BCUT2D eigenvalue weighted by Gasteiger charge is -2.20. The SMILES string of the molecule is CC(C)(C)c1cccc2cc(C(=O)O)c(=O)[nH]c12. The highest BCUT2D eigenvalue weighted by Gasteiger charge is 2.18. The van der Waals surface area contributed by atoms with Crippen molar-refractivity contribution >= 4 is 16.9 Å². The van der Waals surface area contributed by atoms with Crippen molar-refractivity contribution in [1.29, 1.82) is 0 Å². The number of benzene rings is 1. The zero-order valence-electron chi connectivity index (χ0n) is 10.6. The van der Waals surface area contributed by atoms with E-state index in [1.54, 1.807) is 6.07 Å². The lowest BCUT2D eigenvalue weighted by atomic mass is 9.85. The standard InChI is InChI=1S/C14H15NO3/c1-14(2,3)10-6-4-5-8-7-9(13(17)18)12(16)15-11(8)10/h4-7H,1-3H3,(H,15,16)(H,17,18). The lowest BCUT2D eigenvalue weighted by Crippen LogP contribution is -2.19. The van der Waals surface area contributed by atoms with Gasteiger partial charge in [-0.3, -0.25) is 4.79 Å². The van der Waals surface area contributed by atoms with Gasteiger partial charge in [0.05, 0.1) is 5.52 Å². The van der Waals surface area contributed by atoms with Crippen LogP contribution in [0.25, 0.3) is 10.9 Å². The van der Waals surface area contributed by atoms with E-state index in [1.807, 2.05) is 32.9 Å². The first-order valence-corrected chi connectivity index (χ1v) is 5.70. The minimum Gasteiger partial charge on any atom is -0.477 e. The summed E-state index contributed by atoms with van der Waals surface area (Å²) in [4.78, 5) is 25.3. The Morgan fingerprint density at radius 1 is 1.28 bits per heavy atom. The summed E-state index contributed by atoms with van der Waals surface area (Å²) in [5, 5.41) is 9.67. The summed E-state index contributed by atoms with van der Waals surface area (Å²) in [7, 11) is 0. The minimum absolute atomic E-state index is 0.118. The Balaban J connectivity index is 2.85. The van der Waals surface area contributed by atoms with Crippen LogP contribution in [0.15, 0.2) is 29.1 Å². The molecule has 94 valence electrons. The Kier molecular flexibility index (Phi) is 2.73. The highest BCUT2D eigenvalue weighted by molar-refractivity contribution is 5.93. The van der Waals surface area contributed by atoms with Gasteiger partial charge in [-0.05, 0) is 22.4 Å². The molecule has 0 aliphatic rings. The van der Waals surface area contributed by atoms with Crippen molar-refractivity contribution in [1.82, 2.24) is 4.98 Å². The summed E-state index contributed by atoms with van der Waals surface area (Å²) in [6, 6.07) is 7.03. The lowest BCUT2D eigenvalue weighted by molar-refractivity contribution is 0.0695. The molecule has 2 rings (SSSR count). The third-order valence-corrected chi connectivity index (χ3v) is 2.92. The van der Waals surface area contributed by atoms with Gasteiger partial charge in [0.15, 0.2) is 0 Å². The van der Waals surface area contributed by atoms with Crippen molar-refractivity contribution in [2.24, 2.45) is 0 Å². The molecule has 4 heteroatoms. The number of carboxylic acids is 1. The maximum atomic E-state index is 11.7. The molecule has 2 aromatic rings. The second-order valence-corrected chi connectivity index (χ2v) is 5.34. The number of carboxylic acid groups (broad SMARTS) is 1. The number of pyridine rings is 1. The molecule has 0 saturated heterocycles. The molecular weight excluding hydrogens is 230 g/mol. The molecule has 0 fully saturated rings. The smallest absolute Gasteiger partial charge is 0.341 e. The van der Waals surface area contributed by atoms with Gasteiger partial charge < -0.3 is 10.1 Å². The zero-order valence-corrected chi connectivity index (χ0v) is 10.6. The Labute approximate surface area is 104 Å². The Morgan fingerprint density at radius 3 is 2.50 bits per heavy atom. The summed E-state index contributed by atoms with van der Waals surface area (Å²) in [5.41, 5.74) is 0.794. The van der Waals surface area contributed by atoms with Crippen molar-refractivity contribution in [2.45, 2.75) is 26.2 Å². The number of aromatic nitrogens is 1. The quantitative estimate of drug-likeness (QED) is 0.811. The van der Waals surface area contributed by atoms with Crippen molar-refractivity contribution in [3.63, 3.8) is 0 Å². The monoisotopic (exact) mass is 245 g/mol. The molecule has 0 aliphatic carbocycles. The summed E-state index contributed by atoms with van der Waals surface area (Å²) < 4.78 is 0. The van der Waals surface area contributed by atoms with Gasteiger partial charge >= 0.3 is 5.97 Å². The molecule has 1 heterocycles. The number of aromatic amines is 1. The molecule has 4 nitrogen and oxygen atoms in total. The molecule has 0 spiro atoms. The van der Waals surface area contributed by atoms with Gasteiger partial charge in [-0.15, -0.1) is 0 Å². The Hall–Kier alpha value is -2.10. The Morgan fingerprint density at radius 2 is 1.94 bits per heavy atom. The van der Waals surface area contributed by atoms with Gasteiger partial charge in [-0.1, -0.05) is 39.0 Å². The van der Waals surface area contributed by atoms with Gasteiger partial charge in [0.25, 0.3) is 5.56 Å². The molecule has 18 heavy (non-hydrogen) atoms. The molecule has 1 aromatic carbocycles. The number of para-hydroxylation sites is 1. The van der Waals surface area contributed by atoms with E-state index in [0.717, 1.165) is 10.9 Å². The van der Waals surface area contributed by atoms with E-state index >= 15 is 0 Å².